The SMILES string of the molecule is CCO[C@H]1CS(=O)(=O)C[C@H]1[N+](=O)[O-]. The molecule has 0 spiro atoms. The summed E-state index contributed by atoms with van der Waals surface area (Å²) in [5, 5.41) is 10.4. The molecule has 6 nitrogen and oxygen atoms in total. The van der Waals surface area contributed by atoms with Crippen LogP contribution in [0.2, 0.25) is 0 Å². The van der Waals surface area contributed by atoms with E-state index < -0.39 is 32.7 Å². The number of sulfone groups is 1. The van der Waals surface area contributed by atoms with Crippen LogP contribution in [-0.2, 0) is 14.6 Å². The van der Waals surface area contributed by atoms with Gasteiger partial charge in [-0.1, -0.05) is 0 Å². The Hall–Kier alpha value is -0.690. The molecule has 0 aromatic heterocycles. The molecule has 0 saturated carbocycles. The van der Waals surface area contributed by atoms with E-state index in [9.17, 15) is 18.5 Å². The van der Waals surface area contributed by atoms with Crippen molar-refractivity contribution in [2.24, 2.45) is 0 Å². The first-order valence-electron chi connectivity index (χ1n) is 3.92. The van der Waals surface area contributed by atoms with Crippen LogP contribution in [0.25, 0.3) is 0 Å². The van der Waals surface area contributed by atoms with E-state index >= 15 is 0 Å². The summed E-state index contributed by atoms with van der Waals surface area (Å²) in [7, 11) is -3.28. The molecule has 0 radical (unpaired) electrons. The quantitative estimate of drug-likeness (QED) is 0.460. The first-order chi connectivity index (χ1) is 5.96. The molecule has 0 unspecified atom stereocenters. The maximum absolute atomic E-state index is 11.0. The summed E-state index contributed by atoms with van der Waals surface area (Å²) in [4.78, 5) is 9.86. The van der Waals surface area contributed by atoms with E-state index in [0.29, 0.717) is 6.61 Å². The van der Waals surface area contributed by atoms with Crippen LogP contribution in [0.1, 0.15) is 6.92 Å². The number of nitrogens with zero attached hydrogens (tertiary/aromatic N) is 1. The molecule has 1 fully saturated rings. The minimum absolute atomic E-state index is 0.230. The topological polar surface area (TPSA) is 86.5 Å². The molecule has 2 atom stereocenters. The van der Waals surface area contributed by atoms with Gasteiger partial charge in [0.1, 0.15) is 11.9 Å². The van der Waals surface area contributed by atoms with Gasteiger partial charge in [-0.25, -0.2) is 8.42 Å². The Bertz CT molecular complexity index is 298. The van der Waals surface area contributed by atoms with Crippen molar-refractivity contribution in [3.63, 3.8) is 0 Å². The van der Waals surface area contributed by atoms with Crippen molar-refractivity contribution in [1.82, 2.24) is 0 Å². The van der Waals surface area contributed by atoms with Crippen LogP contribution in [0.5, 0.6) is 0 Å². The van der Waals surface area contributed by atoms with Gasteiger partial charge >= 0.3 is 0 Å². The van der Waals surface area contributed by atoms with Crippen molar-refractivity contribution in [3.05, 3.63) is 10.1 Å². The Balaban J connectivity index is 2.77. The highest BCUT2D eigenvalue weighted by Gasteiger charge is 2.46. The van der Waals surface area contributed by atoms with Gasteiger partial charge < -0.3 is 4.74 Å². The molecule has 0 aromatic carbocycles. The average Bonchev–Trinajstić information content (AvgIpc) is 2.26. The molecule has 76 valence electrons. The fourth-order valence-electron chi connectivity index (χ4n) is 1.37. The van der Waals surface area contributed by atoms with Gasteiger partial charge in [-0.2, -0.15) is 0 Å². The lowest BCUT2D eigenvalue weighted by atomic mass is 10.2. The Morgan fingerprint density at radius 3 is 2.62 bits per heavy atom. The van der Waals surface area contributed by atoms with Crippen molar-refractivity contribution in [2.75, 3.05) is 18.1 Å². The van der Waals surface area contributed by atoms with Crippen molar-refractivity contribution < 1.29 is 18.1 Å². The Morgan fingerprint density at radius 2 is 2.15 bits per heavy atom. The van der Waals surface area contributed by atoms with Crippen LogP contribution in [0.4, 0.5) is 0 Å². The van der Waals surface area contributed by atoms with Gasteiger partial charge in [0.15, 0.2) is 9.84 Å². The number of hydrogen-bond acceptors (Lipinski definition) is 5. The lowest BCUT2D eigenvalue weighted by Crippen LogP contribution is -2.34. The largest absolute Gasteiger partial charge is 0.370 e. The van der Waals surface area contributed by atoms with Crippen LogP contribution < -0.4 is 0 Å². The van der Waals surface area contributed by atoms with Crippen LogP contribution in [0, 0.1) is 10.1 Å². The van der Waals surface area contributed by atoms with E-state index in [-0.39, 0.29) is 5.75 Å². The number of hydrogen-bond donors (Lipinski definition) is 0. The van der Waals surface area contributed by atoms with E-state index in [2.05, 4.69) is 0 Å². The van der Waals surface area contributed by atoms with Crippen LogP contribution in [0.3, 0.4) is 0 Å². The van der Waals surface area contributed by atoms with Crippen LogP contribution >= 0.6 is 0 Å². The van der Waals surface area contributed by atoms with Gasteiger partial charge in [0, 0.05) is 11.5 Å². The van der Waals surface area contributed by atoms with Crippen molar-refractivity contribution in [1.29, 1.82) is 0 Å². The third kappa shape index (κ3) is 2.38. The molecule has 1 rings (SSSR count). The van der Waals surface area contributed by atoms with E-state index in [0.717, 1.165) is 0 Å². The van der Waals surface area contributed by atoms with Gasteiger partial charge in [-0.05, 0) is 6.92 Å². The normalized spacial score (nSPS) is 31.8. The molecule has 0 aromatic rings. The molecule has 1 aliphatic heterocycles. The Morgan fingerprint density at radius 1 is 1.54 bits per heavy atom. The molecule has 0 N–H and O–H groups in total. The Kier molecular flexibility index (Phi) is 2.87. The summed E-state index contributed by atoms with van der Waals surface area (Å²) in [6.45, 7) is 1.98. The fourth-order valence-corrected chi connectivity index (χ4v) is 3.18. The molecule has 7 heteroatoms. The predicted octanol–water partition coefficient (Wildman–Crippen LogP) is -0.535. The van der Waals surface area contributed by atoms with Gasteiger partial charge in [0.2, 0.25) is 0 Å². The first kappa shape index (κ1) is 10.4. The van der Waals surface area contributed by atoms with E-state index in [1.54, 1.807) is 6.92 Å². The van der Waals surface area contributed by atoms with Gasteiger partial charge in [0.05, 0.1) is 5.75 Å². The standard InChI is InChI=1S/C6H11NO5S/c1-2-12-6-4-13(10,11)3-5(6)7(8)9/h5-6H,2-4H2,1H3/t5-,6+/m1/s1. The summed E-state index contributed by atoms with van der Waals surface area (Å²) in [5.74, 6) is -0.628. The van der Waals surface area contributed by atoms with Crippen molar-refractivity contribution >= 4 is 9.84 Å². The maximum atomic E-state index is 11.0. The minimum atomic E-state index is -3.28. The number of ether oxygens (including phenoxy) is 1. The number of rotatable bonds is 3. The van der Waals surface area contributed by atoms with Crippen LogP contribution in [0.15, 0.2) is 0 Å². The zero-order valence-corrected chi connectivity index (χ0v) is 7.99. The highest BCUT2D eigenvalue weighted by Crippen LogP contribution is 2.18. The smallest absolute Gasteiger partial charge is 0.253 e. The van der Waals surface area contributed by atoms with Crippen molar-refractivity contribution in [3.8, 4) is 0 Å². The highest BCUT2D eigenvalue weighted by atomic mass is 32.2. The fraction of sp³-hybridized carbons (Fsp3) is 1.00. The second kappa shape index (κ2) is 3.59. The van der Waals surface area contributed by atoms with Crippen LogP contribution in [-0.4, -0.2) is 43.6 Å². The summed E-state index contributed by atoms with van der Waals surface area (Å²) < 4.78 is 27.1. The zero-order valence-electron chi connectivity index (χ0n) is 7.17. The molecule has 1 heterocycles. The summed E-state index contributed by atoms with van der Waals surface area (Å²) in [6, 6.07) is -1.09. The first-order valence-corrected chi connectivity index (χ1v) is 5.74. The highest BCUT2D eigenvalue weighted by molar-refractivity contribution is 7.91. The molecular weight excluding hydrogens is 198 g/mol. The molecule has 1 aliphatic rings. The summed E-state index contributed by atoms with van der Waals surface area (Å²) >= 11 is 0. The molecular formula is C6H11NO5S. The minimum Gasteiger partial charge on any atom is -0.370 e. The predicted molar refractivity (Wildman–Crippen MR) is 44.9 cm³/mol. The molecule has 1 saturated heterocycles. The number of nitro groups is 1. The average molecular weight is 209 g/mol. The monoisotopic (exact) mass is 209 g/mol. The second-order valence-electron chi connectivity index (χ2n) is 2.92. The Labute approximate surface area is 76.0 Å². The molecule has 0 aliphatic carbocycles. The third-order valence-electron chi connectivity index (χ3n) is 1.92. The van der Waals surface area contributed by atoms with Crippen molar-refractivity contribution in [2.45, 2.75) is 19.1 Å². The summed E-state index contributed by atoms with van der Waals surface area (Å²) in [6.07, 6.45) is -0.773. The second-order valence-corrected chi connectivity index (χ2v) is 5.08. The summed E-state index contributed by atoms with van der Waals surface area (Å²) in [5.41, 5.74) is 0. The van der Waals surface area contributed by atoms with Gasteiger partial charge in [-0.3, -0.25) is 10.1 Å². The molecule has 0 bridgehead atoms. The van der Waals surface area contributed by atoms with E-state index in [1.807, 2.05) is 0 Å². The maximum Gasteiger partial charge on any atom is 0.253 e. The third-order valence-corrected chi connectivity index (χ3v) is 3.61. The lowest BCUT2D eigenvalue weighted by Gasteiger charge is -2.10. The van der Waals surface area contributed by atoms with E-state index in [4.69, 9.17) is 4.74 Å². The zero-order chi connectivity index (χ0) is 10.1. The van der Waals surface area contributed by atoms with Gasteiger partial charge in [-0.15, -0.1) is 0 Å². The lowest BCUT2D eigenvalue weighted by molar-refractivity contribution is -0.526. The molecule has 13 heavy (non-hydrogen) atoms. The van der Waals surface area contributed by atoms with E-state index in [1.165, 1.54) is 0 Å². The van der Waals surface area contributed by atoms with Gasteiger partial charge in [0.25, 0.3) is 6.04 Å². The molecule has 0 amide bonds.